The largest absolute Gasteiger partial charge is 0.493 e. The van der Waals surface area contributed by atoms with Gasteiger partial charge >= 0.3 is 0 Å². The quantitative estimate of drug-likeness (QED) is 0.806. The molecule has 0 saturated carbocycles. The zero-order valence-corrected chi connectivity index (χ0v) is 9.41. The number of aliphatic hydroxyl groups excluding tert-OH is 1. The molecule has 0 unspecified atom stereocenters. The van der Waals surface area contributed by atoms with Crippen LogP contribution in [0.2, 0.25) is 0 Å². The van der Waals surface area contributed by atoms with Gasteiger partial charge in [-0.2, -0.15) is 0 Å². The summed E-state index contributed by atoms with van der Waals surface area (Å²) in [5.41, 5.74) is 0.974. The van der Waals surface area contributed by atoms with E-state index in [0.717, 1.165) is 11.5 Å². The van der Waals surface area contributed by atoms with Crippen LogP contribution in [0.15, 0.2) is 18.2 Å². The summed E-state index contributed by atoms with van der Waals surface area (Å²) in [7, 11) is 1.61. The molecular weight excluding hydrogens is 192 g/mol. The van der Waals surface area contributed by atoms with E-state index in [1.54, 1.807) is 7.11 Å². The molecule has 0 bridgehead atoms. The molecule has 0 amide bonds. The third-order valence-corrected chi connectivity index (χ3v) is 2.19. The van der Waals surface area contributed by atoms with Gasteiger partial charge in [0.15, 0.2) is 11.5 Å². The Morgan fingerprint density at radius 2 is 2.07 bits per heavy atom. The van der Waals surface area contributed by atoms with Crippen molar-refractivity contribution in [2.45, 2.75) is 13.8 Å². The van der Waals surface area contributed by atoms with Crippen molar-refractivity contribution in [3.05, 3.63) is 29.7 Å². The van der Waals surface area contributed by atoms with E-state index in [-0.39, 0.29) is 6.61 Å². The third kappa shape index (κ3) is 2.86. The summed E-state index contributed by atoms with van der Waals surface area (Å²) in [5, 5.41) is 9.03. The average molecular weight is 209 g/mol. The van der Waals surface area contributed by atoms with E-state index in [1.165, 1.54) is 0 Å². The molecule has 0 aliphatic heterocycles. The zero-order chi connectivity index (χ0) is 11.3. The average Bonchev–Trinajstić information content (AvgIpc) is 2.28. The molecule has 0 aliphatic rings. The van der Waals surface area contributed by atoms with Gasteiger partial charge in [-0.25, -0.2) is 0 Å². The lowest BCUT2D eigenvalue weighted by Crippen LogP contribution is -2.02. The van der Waals surface area contributed by atoms with Crippen LogP contribution >= 0.6 is 0 Å². The normalized spacial score (nSPS) is 10.5. The van der Waals surface area contributed by atoms with Crippen molar-refractivity contribution in [1.82, 2.24) is 0 Å². The van der Waals surface area contributed by atoms with Gasteiger partial charge in [0, 0.05) is 5.92 Å². The number of hydrogen-bond acceptors (Lipinski definition) is 3. The Bertz CT molecular complexity index is 310. The zero-order valence-electron chi connectivity index (χ0n) is 9.41. The van der Waals surface area contributed by atoms with Crippen molar-refractivity contribution >= 4 is 0 Å². The molecule has 3 heteroatoms. The van der Waals surface area contributed by atoms with E-state index in [1.807, 2.05) is 32.0 Å². The Kier molecular flexibility index (Phi) is 4.43. The Balaban J connectivity index is 2.98. The Hall–Kier alpha value is -1.22. The van der Waals surface area contributed by atoms with Gasteiger partial charge in [-0.15, -0.1) is 0 Å². The number of aliphatic hydroxyl groups is 1. The first-order chi connectivity index (χ1) is 7.22. The lowest BCUT2D eigenvalue weighted by Gasteiger charge is -2.13. The van der Waals surface area contributed by atoms with Crippen LogP contribution in [-0.4, -0.2) is 25.4 Å². The predicted molar refractivity (Wildman–Crippen MR) is 59.3 cm³/mol. The lowest BCUT2D eigenvalue weighted by atomic mass is 10.0. The molecule has 83 valence electrons. The fourth-order valence-electron chi connectivity index (χ4n) is 1.30. The maximum Gasteiger partial charge on any atom is 0.161 e. The molecule has 1 rings (SSSR count). The second kappa shape index (κ2) is 5.61. The van der Waals surface area contributed by atoms with Gasteiger partial charge in [-0.3, -0.25) is 0 Å². The molecular formula is C12H17O3. The Labute approximate surface area is 90.6 Å². The number of ether oxygens (including phenoxy) is 2. The van der Waals surface area contributed by atoms with E-state index >= 15 is 0 Å². The number of benzene rings is 1. The highest BCUT2D eigenvalue weighted by Gasteiger charge is 2.09. The molecule has 0 heterocycles. The highest BCUT2D eigenvalue weighted by atomic mass is 16.5. The summed E-state index contributed by atoms with van der Waals surface area (Å²) in [6.45, 7) is 4.46. The van der Waals surface area contributed by atoms with Crippen molar-refractivity contribution < 1.29 is 14.6 Å². The summed E-state index contributed by atoms with van der Waals surface area (Å²) in [6.07, 6.45) is 0. The highest BCUT2D eigenvalue weighted by molar-refractivity contribution is 5.46. The highest BCUT2D eigenvalue weighted by Crippen LogP contribution is 2.30. The summed E-state index contributed by atoms with van der Waals surface area (Å²) in [6, 6.07) is 5.64. The van der Waals surface area contributed by atoms with Gasteiger partial charge in [0.2, 0.25) is 0 Å². The molecule has 0 fully saturated rings. The Morgan fingerprint density at radius 3 is 2.60 bits per heavy atom. The maximum absolute atomic E-state index is 9.03. The number of hydrogen-bond donors (Lipinski definition) is 1. The summed E-state index contributed by atoms with van der Waals surface area (Å²) in [4.78, 5) is 0. The van der Waals surface area contributed by atoms with Crippen molar-refractivity contribution in [3.63, 3.8) is 0 Å². The number of methoxy groups -OCH3 is 1. The van der Waals surface area contributed by atoms with Crippen LogP contribution in [-0.2, 0) is 0 Å². The molecule has 0 saturated heterocycles. The van der Waals surface area contributed by atoms with Crippen LogP contribution in [0.25, 0.3) is 0 Å². The molecule has 0 atom stereocenters. The molecule has 1 N–H and O–H groups in total. The summed E-state index contributed by atoms with van der Waals surface area (Å²) >= 11 is 0. The van der Waals surface area contributed by atoms with Gasteiger partial charge in [0.1, 0.15) is 0 Å². The first kappa shape index (κ1) is 11.9. The first-order valence-corrected chi connectivity index (χ1v) is 4.97. The molecule has 0 aromatic heterocycles. The number of rotatable bonds is 5. The predicted octanol–water partition coefficient (Wildman–Crippen LogP) is 2.03. The van der Waals surface area contributed by atoms with Crippen molar-refractivity contribution in [2.24, 2.45) is 0 Å². The van der Waals surface area contributed by atoms with Gasteiger partial charge in [-0.05, 0) is 24.6 Å². The molecule has 0 spiro atoms. The molecule has 3 nitrogen and oxygen atoms in total. The first-order valence-electron chi connectivity index (χ1n) is 4.97. The minimum Gasteiger partial charge on any atom is -0.493 e. The fourth-order valence-corrected chi connectivity index (χ4v) is 1.30. The van der Waals surface area contributed by atoms with Crippen molar-refractivity contribution in [3.8, 4) is 11.5 Å². The van der Waals surface area contributed by atoms with Crippen molar-refractivity contribution in [1.29, 1.82) is 0 Å². The fraction of sp³-hybridized carbons (Fsp3) is 0.417. The van der Waals surface area contributed by atoms with Crippen molar-refractivity contribution in [2.75, 3.05) is 20.3 Å². The molecule has 0 aliphatic carbocycles. The topological polar surface area (TPSA) is 38.7 Å². The van der Waals surface area contributed by atoms with Crippen LogP contribution < -0.4 is 9.47 Å². The van der Waals surface area contributed by atoms with E-state index in [9.17, 15) is 0 Å². The van der Waals surface area contributed by atoms with Crippen LogP contribution in [0, 0.1) is 5.92 Å². The van der Waals surface area contributed by atoms with Crippen LogP contribution in [0.1, 0.15) is 19.4 Å². The van der Waals surface area contributed by atoms with E-state index in [2.05, 4.69) is 0 Å². The summed E-state index contributed by atoms with van der Waals surface area (Å²) < 4.78 is 10.6. The van der Waals surface area contributed by atoms with Gasteiger partial charge in [0.05, 0.1) is 20.3 Å². The Morgan fingerprint density at radius 1 is 1.33 bits per heavy atom. The molecule has 15 heavy (non-hydrogen) atoms. The minimum atomic E-state index is 0.0535. The second-order valence-electron chi connectivity index (χ2n) is 3.24. The van der Waals surface area contributed by atoms with Crippen LogP contribution in [0.4, 0.5) is 0 Å². The molecule has 1 aromatic carbocycles. The minimum absolute atomic E-state index is 0.0535. The molecule has 1 radical (unpaired) electrons. The maximum atomic E-state index is 9.03. The van der Waals surface area contributed by atoms with E-state index < -0.39 is 0 Å². The second-order valence-corrected chi connectivity index (χ2v) is 3.24. The third-order valence-electron chi connectivity index (χ3n) is 2.19. The monoisotopic (exact) mass is 209 g/mol. The van der Waals surface area contributed by atoms with Gasteiger partial charge < -0.3 is 14.6 Å². The standard InChI is InChI=1S/C12H17O3/c1-4-15-12-7-10(9(2)8-13)5-6-11(12)14-3/h5-7,13H,4,8H2,1-3H3. The lowest BCUT2D eigenvalue weighted by molar-refractivity contribution is 0.307. The smallest absolute Gasteiger partial charge is 0.161 e. The molecule has 1 aromatic rings. The van der Waals surface area contributed by atoms with Crippen LogP contribution in [0.3, 0.4) is 0 Å². The SMILES string of the molecule is CCOc1cc([C](C)CO)ccc1OC. The summed E-state index contributed by atoms with van der Waals surface area (Å²) in [5.74, 6) is 2.34. The van der Waals surface area contributed by atoms with Gasteiger partial charge in [0.25, 0.3) is 0 Å². The van der Waals surface area contributed by atoms with Gasteiger partial charge in [-0.1, -0.05) is 13.0 Å². The van der Waals surface area contributed by atoms with E-state index in [4.69, 9.17) is 14.6 Å². The van der Waals surface area contributed by atoms with E-state index in [0.29, 0.717) is 18.1 Å². The van der Waals surface area contributed by atoms with Crippen LogP contribution in [0.5, 0.6) is 11.5 Å².